The molecule has 2 aliphatic rings. The molecule has 1 saturated carbocycles. The maximum absolute atomic E-state index is 14.6. The van der Waals surface area contributed by atoms with E-state index in [1.807, 2.05) is 0 Å². The lowest BCUT2D eigenvalue weighted by atomic mass is 9.96. The van der Waals surface area contributed by atoms with Crippen LogP contribution < -0.4 is 5.32 Å². The molecule has 6 nitrogen and oxygen atoms in total. The van der Waals surface area contributed by atoms with Gasteiger partial charge in [-0.3, -0.25) is 4.79 Å². The Morgan fingerprint density at radius 1 is 1.35 bits per heavy atom. The molecule has 1 amide bonds. The Morgan fingerprint density at radius 2 is 2.13 bits per heavy atom. The van der Waals surface area contributed by atoms with Crippen molar-refractivity contribution in [3.05, 3.63) is 41.8 Å². The number of anilines is 1. The number of nitrogens with zero attached hydrogens (tertiary/aromatic N) is 3. The average Bonchev–Trinajstić information content (AvgIpc) is 3.19. The summed E-state index contributed by atoms with van der Waals surface area (Å²) in [7, 11) is 0. The number of carbonyl (C=O) groups is 1. The summed E-state index contributed by atoms with van der Waals surface area (Å²) < 4.78 is 14.0. The van der Waals surface area contributed by atoms with Crippen LogP contribution in [-0.4, -0.2) is 55.9 Å². The average molecular weight is 445 g/mol. The second kappa shape index (κ2) is 9.12. The van der Waals surface area contributed by atoms with Crippen molar-refractivity contribution in [1.82, 2.24) is 14.9 Å². The maximum Gasteiger partial charge on any atom is 0.253 e. The minimum absolute atomic E-state index is 0.159. The summed E-state index contributed by atoms with van der Waals surface area (Å²) in [5, 5.41) is 13.3. The van der Waals surface area contributed by atoms with E-state index in [1.54, 1.807) is 36.1 Å². The molecule has 1 aliphatic heterocycles. The third-order valence-corrected chi connectivity index (χ3v) is 7.15. The number of thiol groups is 1. The monoisotopic (exact) mass is 444 g/mol. The van der Waals surface area contributed by atoms with Gasteiger partial charge in [-0.05, 0) is 38.3 Å². The highest BCUT2D eigenvalue weighted by Gasteiger charge is 2.40. The highest BCUT2D eigenvalue weighted by molar-refractivity contribution is 7.82. The molecule has 166 valence electrons. The van der Waals surface area contributed by atoms with Gasteiger partial charge in [0.25, 0.3) is 5.91 Å². The Hall–Kier alpha value is -2.19. The number of aromatic nitrogens is 2. The summed E-state index contributed by atoms with van der Waals surface area (Å²) >= 11 is 4.58. The number of aliphatic hydroxyl groups excluding tert-OH is 1. The van der Waals surface area contributed by atoms with Gasteiger partial charge in [0.1, 0.15) is 5.69 Å². The molecule has 0 bridgehead atoms. The summed E-state index contributed by atoms with van der Waals surface area (Å²) in [5.41, 5.74) is 1.17. The van der Waals surface area contributed by atoms with Crippen molar-refractivity contribution in [2.75, 3.05) is 18.4 Å². The smallest absolute Gasteiger partial charge is 0.253 e. The van der Waals surface area contributed by atoms with Gasteiger partial charge in [-0.25, -0.2) is 14.4 Å². The molecule has 2 aromatic rings. The number of carbonyl (C=O) groups excluding carboxylic acids is 1. The molecule has 1 aliphatic carbocycles. The van der Waals surface area contributed by atoms with Crippen LogP contribution >= 0.6 is 12.6 Å². The van der Waals surface area contributed by atoms with Gasteiger partial charge in [0, 0.05) is 30.3 Å². The van der Waals surface area contributed by atoms with Crippen LogP contribution in [0.2, 0.25) is 0 Å². The Labute approximate surface area is 187 Å². The van der Waals surface area contributed by atoms with Crippen LogP contribution in [0.5, 0.6) is 0 Å². The van der Waals surface area contributed by atoms with Gasteiger partial charge in [-0.2, -0.15) is 12.6 Å². The van der Waals surface area contributed by atoms with E-state index in [0.717, 1.165) is 12.8 Å². The van der Waals surface area contributed by atoms with E-state index >= 15 is 0 Å². The van der Waals surface area contributed by atoms with Crippen molar-refractivity contribution in [2.45, 2.75) is 62.3 Å². The molecule has 8 heteroatoms. The summed E-state index contributed by atoms with van der Waals surface area (Å²) in [6, 6.07) is 7.17. The van der Waals surface area contributed by atoms with Crippen LogP contribution in [0.25, 0.3) is 11.3 Å². The van der Waals surface area contributed by atoms with E-state index in [1.165, 1.54) is 25.5 Å². The number of likely N-dealkylation sites (tertiary alicyclic amines) is 1. The molecule has 1 aromatic carbocycles. The topological polar surface area (TPSA) is 78.3 Å². The quantitative estimate of drug-likeness (QED) is 0.609. The summed E-state index contributed by atoms with van der Waals surface area (Å²) in [5.74, 6) is -0.270. The van der Waals surface area contributed by atoms with E-state index in [9.17, 15) is 14.3 Å². The fourth-order valence-electron chi connectivity index (χ4n) is 4.38. The number of benzene rings is 1. The van der Waals surface area contributed by atoms with E-state index in [2.05, 4.69) is 27.9 Å². The predicted octanol–water partition coefficient (Wildman–Crippen LogP) is 3.92. The summed E-state index contributed by atoms with van der Waals surface area (Å²) in [6.07, 6.45) is 6.91. The van der Waals surface area contributed by atoms with Crippen LogP contribution in [0, 0.1) is 5.82 Å². The first-order valence-corrected chi connectivity index (χ1v) is 11.4. The van der Waals surface area contributed by atoms with Crippen LogP contribution in [0.3, 0.4) is 0 Å². The first-order chi connectivity index (χ1) is 14.9. The molecule has 2 atom stereocenters. The van der Waals surface area contributed by atoms with E-state index < -0.39 is 16.7 Å². The number of amides is 1. The number of hydrogen-bond donors (Lipinski definition) is 3. The largest absolute Gasteiger partial charge is 0.392 e. The van der Waals surface area contributed by atoms with Gasteiger partial charge >= 0.3 is 0 Å². The van der Waals surface area contributed by atoms with Crippen molar-refractivity contribution in [3.8, 4) is 11.3 Å². The van der Waals surface area contributed by atoms with E-state index in [-0.39, 0.29) is 11.6 Å². The summed E-state index contributed by atoms with van der Waals surface area (Å²) in [4.78, 5) is 23.2. The van der Waals surface area contributed by atoms with Gasteiger partial charge in [0.15, 0.2) is 5.82 Å². The lowest BCUT2D eigenvalue weighted by Crippen LogP contribution is -2.39. The van der Waals surface area contributed by atoms with Crippen LogP contribution in [0.15, 0.2) is 30.5 Å². The van der Waals surface area contributed by atoms with Crippen molar-refractivity contribution in [1.29, 1.82) is 0 Å². The van der Waals surface area contributed by atoms with Crippen LogP contribution in [-0.2, 0) is 0 Å². The highest BCUT2D eigenvalue weighted by Crippen LogP contribution is 2.32. The van der Waals surface area contributed by atoms with Gasteiger partial charge < -0.3 is 15.3 Å². The molecule has 2 fully saturated rings. The third-order valence-electron chi connectivity index (χ3n) is 6.41. The minimum atomic E-state index is -0.620. The molecular formula is C23H29FN4O2S. The second-order valence-electron chi connectivity index (χ2n) is 8.71. The molecule has 0 spiro atoms. The van der Waals surface area contributed by atoms with Crippen molar-refractivity contribution < 1.29 is 14.3 Å². The SMILES string of the molecule is CC(O)C1(S)CCN(C(=O)c2cccc(-c3nc(NC4CCCCC4)ncc3F)c2)C1. The molecule has 1 aromatic heterocycles. The number of aliphatic hydroxyl groups is 1. The lowest BCUT2D eigenvalue weighted by molar-refractivity contribution is 0.0774. The first kappa shape index (κ1) is 22.0. The molecule has 4 rings (SSSR count). The van der Waals surface area contributed by atoms with Gasteiger partial charge in [0.05, 0.1) is 17.0 Å². The molecule has 0 radical (unpaired) electrons. The van der Waals surface area contributed by atoms with Crippen molar-refractivity contribution >= 4 is 24.5 Å². The minimum Gasteiger partial charge on any atom is -0.392 e. The Morgan fingerprint density at radius 3 is 2.84 bits per heavy atom. The molecular weight excluding hydrogens is 415 g/mol. The van der Waals surface area contributed by atoms with Gasteiger partial charge in [-0.1, -0.05) is 31.4 Å². The van der Waals surface area contributed by atoms with E-state index in [4.69, 9.17) is 0 Å². The van der Waals surface area contributed by atoms with E-state index in [0.29, 0.717) is 42.6 Å². The van der Waals surface area contributed by atoms with Gasteiger partial charge in [-0.15, -0.1) is 0 Å². The van der Waals surface area contributed by atoms with Crippen molar-refractivity contribution in [2.24, 2.45) is 0 Å². The molecule has 1 saturated heterocycles. The second-order valence-corrected chi connectivity index (χ2v) is 9.60. The fourth-order valence-corrected chi connectivity index (χ4v) is 4.65. The molecule has 31 heavy (non-hydrogen) atoms. The van der Waals surface area contributed by atoms with Crippen LogP contribution in [0.4, 0.5) is 10.3 Å². The number of halogens is 1. The normalized spacial score (nSPS) is 23.0. The zero-order chi connectivity index (χ0) is 22.0. The molecule has 2 heterocycles. The van der Waals surface area contributed by atoms with Crippen molar-refractivity contribution in [3.63, 3.8) is 0 Å². The van der Waals surface area contributed by atoms with Crippen LogP contribution in [0.1, 0.15) is 55.8 Å². The first-order valence-electron chi connectivity index (χ1n) is 10.9. The molecule has 2 unspecified atom stereocenters. The predicted molar refractivity (Wildman–Crippen MR) is 122 cm³/mol. The number of nitrogens with one attached hydrogen (secondary N) is 1. The van der Waals surface area contributed by atoms with Gasteiger partial charge in [0.2, 0.25) is 5.95 Å². The Bertz CT molecular complexity index is 951. The number of hydrogen-bond acceptors (Lipinski definition) is 6. The highest BCUT2D eigenvalue weighted by atomic mass is 32.1. The summed E-state index contributed by atoms with van der Waals surface area (Å²) in [6.45, 7) is 2.58. The Balaban J connectivity index is 1.54. The molecule has 2 N–H and O–H groups in total. The zero-order valence-electron chi connectivity index (χ0n) is 17.7. The zero-order valence-corrected chi connectivity index (χ0v) is 18.6. The standard InChI is InChI=1S/C23H29FN4O2S/c1-15(29)23(31)10-11-28(14-23)21(30)17-7-5-6-16(12-17)20-19(24)13-25-22(27-20)26-18-8-3-2-4-9-18/h5-7,12-13,15,18,29,31H,2-4,8-11,14H2,1H3,(H,25,26,27). The maximum atomic E-state index is 14.6. The lowest BCUT2D eigenvalue weighted by Gasteiger charge is -2.26. The fraction of sp³-hybridized carbons (Fsp3) is 0.522. The number of rotatable bonds is 5. The Kier molecular flexibility index (Phi) is 6.48. The third kappa shape index (κ3) is 4.85.